The first-order chi connectivity index (χ1) is 19.0. The summed E-state index contributed by atoms with van der Waals surface area (Å²) < 4.78 is 6.15. The molecule has 3 heterocycles. The number of nitrogens with zero attached hydrogens (tertiary/aromatic N) is 5. The topological polar surface area (TPSA) is 81.9 Å². The molecule has 0 aliphatic carbocycles. The molecule has 3 aliphatic heterocycles. The Morgan fingerprint density at radius 3 is 2.59 bits per heavy atom. The minimum absolute atomic E-state index is 0.0630. The van der Waals surface area contributed by atoms with Crippen molar-refractivity contribution in [2.24, 2.45) is 15.0 Å². The Labute approximate surface area is 232 Å². The zero-order valence-electron chi connectivity index (χ0n) is 21.5. The highest BCUT2D eigenvalue weighted by Gasteiger charge is 2.27. The SMILES string of the molecule is CN1CCN(C(=O)C2=NCC(Oc3ccc(C4=CC=Nc5ccc(Cl)cc5N4)cc3)=Nc3ccccc32)CC1. The number of piperazine rings is 1. The van der Waals surface area contributed by atoms with E-state index in [4.69, 9.17) is 21.3 Å². The average molecular weight is 539 g/mol. The molecule has 39 heavy (non-hydrogen) atoms. The normalized spacial score (nSPS) is 17.0. The Kier molecular flexibility index (Phi) is 6.96. The number of allylic oxidation sites excluding steroid dienone is 1. The second-order valence-electron chi connectivity index (χ2n) is 9.55. The van der Waals surface area contributed by atoms with E-state index >= 15 is 0 Å². The van der Waals surface area contributed by atoms with E-state index in [0.717, 1.165) is 41.3 Å². The minimum atomic E-state index is -0.0630. The van der Waals surface area contributed by atoms with Crippen molar-refractivity contribution < 1.29 is 9.53 Å². The first-order valence-corrected chi connectivity index (χ1v) is 13.2. The van der Waals surface area contributed by atoms with Gasteiger partial charge in [0.05, 0.1) is 17.1 Å². The number of rotatable bonds is 3. The summed E-state index contributed by atoms with van der Waals surface area (Å²) in [5.41, 5.74) is 5.35. The molecule has 3 aromatic carbocycles. The average Bonchev–Trinajstić information content (AvgIpc) is 3.27. The van der Waals surface area contributed by atoms with E-state index in [1.807, 2.05) is 77.7 Å². The summed E-state index contributed by atoms with van der Waals surface area (Å²) in [6.45, 7) is 3.24. The van der Waals surface area contributed by atoms with Crippen molar-refractivity contribution in [3.8, 4) is 5.75 Å². The van der Waals surface area contributed by atoms with Crippen LogP contribution in [0, 0.1) is 0 Å². The van der Waals surface area contributed by atoms with Crippen molar-refractivity contribution in [3.63, 3.8) is 0 Å². The fourth-order valence-electron chi connectivity index (χ4n) is 4.68. The van der Waals surface area contributed by atoms with Gasteiger partial charge in [0, 0.05) is 48.7 Å². The Morgan fingerprint density at radius 2 is 1.77 bits per heavy atom. The van der Waals surface area contributed by atoms with E-state index in [9.17, 15) is 4.79 Å². The molecule has 9 heteroatoms. The van der Waals surface area contributed by atoms with E-state index < -0.39 is 0 Å². The van der Waals surface area contributed by atoms with Crippen molar-refractivity contribution in [3.05, 3.63) is 89.0 Å². The number of para-hydroxylation sites is 1. The molecule has 0 bridgehead atoms. The van der Waals surface area contributed by atoms with Crippen molar-refractivity contribution in [2.45, 2.75) is 0 Å². The van der Waals surface area contributed by atoms with E-state index in [1.54, 1.807) is 6.21 Å². The van der Waals surface area contributed by atoms with Crippen LogP contribution in [0.1, 0.15) is 11.1 Å². The van der Waals surface area contributed by atoms with Crippen molar-refractivity contribution in [1.82, 2.24) is 9.80 Å². The Hall–Kier alpha value is -4.27. The number of benzene rings is 3. The second kappa shape index (κ2) is 10.8. The summed E-state index contributed by atoms with van der Waals surface area (Å²) >= 11 is 6.18. The number of hydrogen-bond donors (Lipinski definition) is 1. The molecule has 1 amide bonds. The minimum Gasteiger partial charge on any atom is -0.441 e. The van der Waals surface area contributed by atoms with Crippen LogP contribution in [0.5, 0.6) is 5.75 Å². The number of likely N-dealkylation sites (N-methyl/N-ethyl adjacent to an activating group) is 1. The van der Waals surface area contributed by atoms with Gasteiger partial charge in [-0.15, -0.1) is 0 Å². The molecule has 0 atom stereocenters. The maximum Gasteiger partial charge on any atom is 0.272 e. The third kappa shape index (κ3) is 5.48. The van der Waals surface area contributed by atoms with Gasteiger partial charge in [-0.3, -0.25) is 14.8 Å². The van der Waals surface area contributed by atoms with E-state index in [1.165, 1.54) is 0 Å². The van der Waals surface area contributed by atoms with Crippen LogP contribution in [-0.4, -0.2) is 73.3 Å². The van der Waals surface area contributed by atoms with Crippen molar-refractivity contribution in [2.75, 3.05) is 45.1 Å². The van der Waals surface area contributed by atoms with Crippen LogP contribution < -0.4 is 10.1 Å². The number of ether oxygens (including phenoxy) is 1. The predicted octanol–water partition coefficient (Wildman–Crippen LogP) is 5.19. The maximum absolute atomic E-state index is 13.4. The van der Waals surface area contributed by atoms with Gasteiger partial charge in [-0.25, -0.2) is 4.99 Å². The summed E-state index contributed by atoms with van der Waals surface area (Å²) in [5.74, 6) is 0.996. The highest BCUT2D eigenvalue weighted by molar-refractivity contribution is 6.46. The molecular weight excluding hydrogens is 512 g/mol. The first-order valence-electron chi connectivity index (χ1n) is 12.8. The first kappa shape index (κ1) is 25.0. The number of carbonyl (C=O) groups excluding carboxylic acids is 1. The lowest BCUT2D eigenvalue weighted by atomic mass is 10.1. The van der Waals surface area contributed by atoms with Crippen LogP contribution in [-0.2, 0) is 4.79 Å². The van der Waals surface area contributed by atoms with Crippen LogP contribution in [0.4, 0.5) is 17.1 Å². The predicted molar refractivity (Wildman–Crippen MR) is 157 cm³/mol. The molecule has 1 N–H and O–H groups in total. The molecule has 196 valence electrons. The molecule has 3 aliphatic rings. The van der Waals surface area contributed by atoms with Gasteiger partial charge in [-0.1, -0.05) is 29.8 Å². The van der Waals surface area contributed by atoms with Gasteiger partial charge in [0.2, 0.25) is 5.90 Å². The lowest BCUT2D eigenvalue weighted by molar-refractivity contribution is -0.125. The largest absolute Gasteiger partial charge is 0.441 e. The summed E-state index contributed by atoms with van der Waals surface area (Å²) in [6, 6.07) is 20.9. The second-order valence-corrected chi connectivity index (χ2v) is 9.99. The molecule has 6 rings (SSSR count). The summed E-state index contributed by atoms with van der Waals surface area (Å²) in [6.07, 6.45) is 3.69. The van der Waals surface area contributed by atoms with E-state index in [-0.39, 0.29) is 12.5 Å². The molecule has 0 saturated carbocycles. The van der Waals surface area contributed by atoms with E-state index in [0.29, 0.717) is 41.2 Å². The monoisotopic (exact) mass is 538 g/mol. The van der Waals surface area contributed by atoms with Gasteiger partial charge in [0.1, 0.15) is 18.0 Å². The van der Waals surface area contributed by atoms with Gasteiger partial charge in [0.15, 0.2) is 0 Å². The Morgan fingerprint density at radius 1 is 0.974 bits per heavy atom. The van der Waals surface area contributed by atoms with Gasteiger partial charge in [0.25, 0.3) is 5.91 Å². The lowest BCUT2D eigenvalue weighted by Gasteiger charge is -2.32. The van der Waals surface area contributed by atoms with Crippen LogP contribution in [0.2, 0.25) is 5.02 Å². The Balaban J connectivity index is 1.20. The van der Waals surface area contributed by atoms with Crippen LogP contribution in [0.25, 0.3) is 5.70 Å². The quantitative estimate of drug-likeness (QED) is 0.497. The fraction of sp³-hybridized carbons (Fsp3) is 0.200. The summed E-state index contributed by atoms with van der Waals surface area (Å²) in [5, 5.41) is 4.05. The van der Waals surface area contributed by atoms with Crippen molar-refractivity contribution >= 4 is 58.1 Å². The van der Waals surface area contributed by atoms with Gasteiger partial charge < -0.3 is 19.9 Å². The number of hydrogen-bond acceptors (Lipinski definition) is 7. The Bertz CT molecular complexity index is 1540. The molecule has 0 aromatic heterocycles. The third-order valence-corrected chi connectivity index (χ3v) is 7.09. The van der Waals surface area contributed by atoms with Crippen LogP contribution in [0.3, 0.4) is 0 Å². The number of halogens is 1. The summed E-state index contributed by atoms with van der Waals surface area (Å²) in [4.78, 5) is 31.4. The molecule has 8 nitrogen and oxygen atoms in total. The van der Waals surface area contributed by atoms with Crippen LogP contribution in [0.15, 0.2) is 87.8 Å². The molecular formula is C30H27ClN6O2. The molecule has 3 aromatic rings. The smallest absolute Gasteiger partial charge is 0.272 e. The zero-order valence-corrected chi connectivity index (χ0v) is 22.2. The standard InChI is InChI=1S/C30H27ClN6O2/c1-36-14-16-37(17-15-36)30(38)29-23-4-2-3-5-25(23)35-28(19-33-29)39-22-9-6-20(7-10-22)24-12-13-32-26-11-8-21(31)18-27(26)34-24/h2-13,18,34H,14-17,19H2,1H3. The van der Waals surface area contributed by atoms with Gasteiger partial charge in [-0.2, -0.15) is 0 Å². The highest BCUT2D eigenvalue weighted by Crippen LogP contribution is 2.33. The summed E-state index contributed by atoms with van der Waals surface area (Å²) in [7, 11) is 2.07. The number of aliphatic imine (C=N–C) groups is 3. The third-order valence-electron chi connectivity index (χ3n) is 6.85. The van der Waals surface area contributed by atoms with Crippen molar-refractivity contribution in [1.29, 1.82) is 0 Å². The number of carbonyl (C=O) groups is 1. The number of amides is 1. The number of fused-ring (bicyclic) bond motifs is 2. The van der Waals surface area contributed by atoms with Crippen LogP contribution >= 0.6 is 11.6 Å². The fourth-order valence-corrected chi connectivity index (χ4v) is 4.85. The molecule has 0 spiro atoms. The molecule has 1 saturated heterocycles. The lowest BCUT2D eigenvalue weighted by Crippen LogP contribution is -2.49. The van der Waals surface area contributed by atoms with Gasteiger partial charge >= 0.3 is 0 Å². The molecule has 0 unspecified atom stereocenters. The number of anilines is 1. The highest BCUT2D eigenvalue weighted by atomic mass is 35.5. The zero-order chi connectivity index (χ0) is 26.8. The molecule has 1 fully saturated rings. The maximum atomic E-state index is 13.4. The number of nitrogens with one attached hydrogen (secondary N) is 1. The molecule has 0 radical (unpaired) electrons. The van der Waals surface area contributed by atoms with Gasteiger partial charge in [-0.05, 0) is 67.2 Å². The van der Waals surface area contributed by atoms with E-state index in [2.05, 4.69) is 27.2 Å².